The highest BCUT2D eigenvalue weighted by Gasteiger charge is 2.18. The van der Waals surface area contributed by atoms with Crippen LogP contribution in [0, 0.1) is 0 Å². The average Bonchev–Trinajstić information content (AvgIpc) is 2.35. The van der Waals surface area contributed by atoms with Crippen molar-refractivity contribution in [2.24, 2.45) is 7.05 Å². The van der Waals surface area contributed by atoms with Crippen molar-refractivity contribution in [1.29, 1.82) is 0 Å². The maximum Gasteiger partial charge on any atom is 0.355 e. The summed E-state index contributed by atoms with van der Waals surface area (Å²) in [4.78, 5) is 29.9. The summed E-state index contributed by atoms with van der Waals surface area (Å²) in [6, 6.07) is -0.159. The molecule has 18 heavy (non-hydrogen) atoms. The third kappa shape index (κ3) is 2.10. The van der Waals surface area contributed by atoms with Gasteiger partial charge in [0.15, 0.2) is 0 Å². The summed E-state index contributed by atoms with van der Waals surface area (Å²) in [5.41, 5.74) is -0.784. The van der Waals surface area contributed by atoms with Crippen LogP contribution in [0.2, 0.25) is 0 Å². The van der Waals surface area contributed by atoms with E-state index >= 15 is 0 Å². The van der Waals surface area contributed by atoms with E-state index in [1.54, 1.807) is 26.0 Å². The first kappa shape index (κ1) is 12.6. The first-order chi connectivity index (χ1) is 8.52. The fourth-order valence-corrected chi connectivity index (χ4v) is 2.24. The van der Waals surface area contributed by atoms with Crippen molar-refractivity contribution in [2.75, 3.05) is 19.0 Å². The van der Waals surface area contributed by atoms with E-state index < -0.39 is 5.69 Å². The zero-order valence-corrected chi connectivity index (χ0v) is 11.0. The number of aromatic nitrogens is 3. The molecule has 0 amide bonds. The number of hydrogen-bond acceptors (Lipinski definition) is 4. The van der Waals surface area contributed by atoms with Crippen LogP contribution in [0.15, 0.2) is 21.7 Å². The Morgan fingerprint density at radius 3 is 2.67 bits per heavy atom. The van der Waals surface area contributed by atoms with Gasteiger partial charge in [0.05, 0.1) is 6.04 Å². The lowest BCUT2D eigenvalue weighted by atomic mass is 10.0. The van der Waals surface area contributed by atoms with E-state index in [-0.39, 0.29) is 11.7 Å². The molecule has 1 aliphatic rings. The van der Waals surface area contributed by atoms with Crippen LogP contribution in [0.4, 0.5) is 5.95 Å². The van der Waals surface area contributed by atoms with Gasteiger partial charge in [-0.2, -0.15) is 4.98 Å². The summed E-state index contributed by atoms with van der Waals surface area (Å²) >= 11 is 0. The molecular weight excluding hydrogens is 232 g/mol. The standard InChI is InChI=1S/C12H18N4O2/c1-14(2)10-13-11(17)16(12(18)15(10)3)9-7-5-4-6-8-9/h5,7,9H,4,6,8H2,1-3H3. The zero-order valence-electron chi connectivity index (χ0n) is 11.0. The summed E-state index contributed by atoms with van der Waals surface area (Å²) in [5, 5.41) is 0. The number of allylic oxidation sites excluding steroid dienone is 2. The number of rotatable bonds is 2. The van der Waals surface area contributed by atoms with Gasteiger partial charge in [-0.3, -0.25) is 4.57 Å². The van der Waals surface area contributed by atoms with Gasteiger partial charge in [0.1, 0.15) is 0 Å². The second-order valence-corrected chi connectivity index (χ2v) is 4.73. The van der Waals surface area contributed by atoms with Crippen molar-refractivity contribution in [1.82, 2.24) is 14.1 Å². The topological polar surface area (TPSA) is 60.1 Å². The summed E-state index contributed by atoms with van der Waals surface area (Å²) in [6.07, 6.45) is 6.75. The van der Waals surface area contributed by atoms with Gasteiger partial charge in [-0.15, -0.1) is 0 Å². The van der Waals surface area contributed by atoms with E-state index in [2.05, 4.69) is 4.98 Å². The van der Waals surface area contributed by atoms with Crippen molar-refractivity contribution in [2.45, 2.75) is 25.3 Å². The Balaban J connectivity index is 2.59. The highest BCUT2D eigenvalue weighted by Crippen LogP contribution is 2.19. The second kappa shape index (κ2) is 4.80. The van der Waals surface area contributed by atoms with E-state index in [9.17, 15) is 9.59 Å². The third-order valence-electron chi connectivity index (χ3n) is 3.16. The molecule has 0 aromatic carbocycles. The lowest BCUT2D eigenvalue weighted by Gasteiger charge is -2.21. The molecule has 0 bridgehead atoms. The minimum absolute atomic E-state index is 0.159. The van der Waals surface area contributed by atoms with E-state index in [1.807, 2.05) is 12.2 Å². The minimum Gasteiger partial charge on any atom is -0.348 e. The molecule has 0 saturated heterocycles. The predicted molar refractivity (Wildman–Crippen MR) is 70.1 cm³/mol. The maximum atomic E-state index is 12.2. The van der Waals surface area contributed by atoms with Crippen LogP contribution in [0.3, 0.4) is 0 Å². The van der Waals surface area contributed by atoms with Crippen LogP contribution in [-0.4, -0.2) is 28.2 Å². The Labute approximate surface area is 105 Å². The Bertz CT molecular complexity index is 583. The molecule has 0 saturated carbocycles. The minimum atomic E-state index is -0.474. The number of anilines is 1. The van der Waals surface area contributed by atoms with Gasteiger partial charge in [0.25, 0.3) is 0 Å². The highest BCUT2D eigenvalue weighted by molar-refractivity contribution is 5.25. The molecule has 6 nitrogen and oxygen atoms in total. The molecule has 1 aliphatic carbocycles. The Morgan fingerprint density at radius 2 is 2.11 bits per heavy atom. The molecule has 98 valence electrons. The Kier molecular flexibility index (Phi) is 3.36. The largest absolute Gasteiger partial charge is 0.355 e. The smallest absolute Gasteiger partial charge is 0.348 e. The van der Waals surface area contributed by atoms with Gasteiger partial charge in [0.2, 0.25) is 5.95 Å². The SMILES string of the molecule is CN(C)c1nc(=O)n(C2C=CCCC2)c(=O)n1C. The molecule has 1 unspecified atom stereocenters. The summed E-state index contributed by atoms with van der Waals surface area (Å²) in [6.45, 7) is 0. The van der Waals surface area contributed by atoms with E-state index in [0.29, 0.717) is 5.95 Å². The van der Waals surface area contributed by atoms with Gasteiger partial charge in [-0.25, -0.2) is 14.2 Å². The summed E-state index contributed by atoms with van der Waals surface area (Å²) < 4.78 is 2.65. The quantitative estimate of drug-likeness (QED) is 0.708. The van der Waals surface area contributed by atoms with Crippen LogP contribution in [0.25, 0.3) is 0 Å². The summed E-state index contributed by atoms with van der Waals surface area (Å²) in [5.74, 6) is 0.376. The monoisotopic (exact) mass is 250 g/mol. The molecule has 2 rings (SSSR count). The molecule has 0 fully saturated rings. The van der Waals surface area contributed by atoms with Crippen molar-refractivity contribution in [3.8, 4) is 0 Å². The van der Waals surface area contributed by atoms with E-state index in [0.717, 1.165) is 19.3 Å². The van der Waals surface area contributed by atoms with Gasteiger partial charge < -0.3 is 4.90 Å². The van der Waals surface area contributed by atoms with Crippen LogP contribution < -0.4 is 16.3 Å². The molecule has 0 spiro atoms. The van der Waals surface area contributed by atoms with Crippen LogP contribution in [0.5, 0.6) is 0 Å². The predicted octanol–water partition coefficient (Wildman–Crippen LogP) is 0.289. The number of nitrogens with zero attached hydrogens (tertiary/aromatic N) is 4. The van der Waals surface area contributed by atoms with Crippen molar-refractivity contribution in [3.63, 3.8) is 0 Å². The van der Waals surface area contributed by atoms with Crippen molar-refractivity contribution < 1.29 is 0 Å². The fraction of sp³-hybridized carbons (Fsp3) is 0.583. The molecule has 1 aromatic rings. The van der Waals surface area contributed by atoms with Crippen LogP contribution >= 0.6 is 0 Å². The number of hydrogen-bond donors (Lipinski definition) is 0. The molecule has 0 radical (unpaired) electrons. The molecular formula is C12H18N4O2. The van der Waals surface area contributed by atoms with Gasteiger partial charge in [-0.05, 0) is 19.3 Å². The Morgan fingerprint density at radius 1 is 1.39 bits per heavy atom. The van der Waals surface area contributed by atoms with Crippen LogP contribution in [0.1, 0.15) is 25.3 Å². The van der Waals surface area contributed by atoms with Gasteiger partial charge in [-0.1, -0.05) is 12.2 Å². The van der Waals surface area contributed by atoms with Crippen molar-refractivity contribution in [3.05, 3.63) is 33.1 Å². The van der Waals surface area contributed by atoms with E-state index in [1.165, 1.54) is 9.13 Å². The Hall–Kier alpha value is -1.85. The van der Waals surface area contributed by atoms with E-state index in [4.69, 9.17) is 0 Å². The van der Waals surface area contributed by atoms with Crippen molar-refractivity contribution >= 4 is 5.95 Å². The molecule has 6 heteroatoms. The second-order valence-electron chi connectivity index (χ2n) is 4.73. The normalized spacial score (nSPS) is 18.9. The molecule has 0 aliphatic heterocycles. The molecule has 0 N–H and O–H groups in total. The maximum absolute atomic E-state index is 12.2. The lowest BCUT2D eigenvalue weighted by Crippen LogP contribution is -2.44. The molecule has 1 atom stereocenters. The molecule has 1 heterocycles. The third-order valence-corrected chi connectivity index (χ3v) is 3.16. The summed E-state index contributed by atoms with van der Waals surface area (Å²) in [7, 11) is 5.14. The van der Waals surface area contributed by atoms with Crippen LogP contribution in [-0.2, 0) is 7.05 Å². The lowest BCUT2D eigenvalue weighted by molar-refractivity contribution is 0.458. The highest BCUT2D eigenvalue weighted by atomic mass is 16.2. The fourth-order valence-electron chi connectivity index (χ4n) is 2.24. The first-order valence-electron chi connectivity index (χ1n) is 6.06. The first-order valence-corrected chi connectivity index (χ1v) is 6.06. The van der Waals surface area contributed by atoms with Gasteiger partial charge in [0, 0.05) is 21.1 Å². The van der Waals surface area contributed by atoms with Gasteiger partial charge >= 0.3 is 11.4 Å². The average molecular weight is 250 g/mol. The molecule has 1 aromatic heterocycles. The zero-order chi connectivity index (χ0) is 13.3.